The van der Waals surface area contributed by atoms with Gasteiger partial charge in [-0.2, -0.15) is 0 Å². The van der Waals surface area contributed by atoms with Crippen molar-refractivity contribution in [3.8, 4) is 0 Å². The molecular weight excluding hydrogens is 390 g/mol. The molecule has 0 unspecified atom stereocenters. The van der Waals surface area contributed by atoms with E-state index in [4.69, 9.17) is 0 Å². The third kappa shape index (κ3) is 5.94. The minimum absolute atomic E-state index is 0.159. The maximum absolute atomic E-state index is 13.5. The normalized spacial score (nSPS) is 14.2. The molecule has 0 aliphatic carbocycles. The van der Waals surface area contributed by atoms with E-state index in [1.807, 2.05) is 6.07 Å². The van der Waals surface area contributed by atoms with E-state index in [-0.39, 0.29) is 11.6 Å². The number of aryl methyl sites for hydroxylation is 1. The first-order chi connectivity index (χ1) is 13.0. The lowest BCUT2D eigenvalue weighted by Gasteiger charge is -2.16. The minimum Gasteiger partial charge on any atom is -0.468 e. The Hall–Kier alpha value is -2.12. The highest BCUT2D eigenvalue weighted by molar-refractivity contribution is 8.02. The summed E-state index contributed by atoms with van der Waals surface area (Å²) in [4.78, 5) is 23.1. The van der Waals surface area contributed by atoms with Crippen molar-refractivity contribution >= 4 is 35.8 Å². The van der Waals surface area contributed by atoms with Crippen molar-refractivity contribution in [3.05, 3.63) is 70.1 Å². The van der Waals surface area contributed by atoms with Gasteiger partial charge in [0.25, 0.3) is 6.47 Å². The molecular formula is C20H18F2O3S2. The van der Waals surface area contributed by atoms with E-state index in [2.05, 4.69) is 4.74 Å². The topological polar surface area (TPSA) is 43.4 Å². The summed E-state index contributed by atoms with van der Waals surface area (Å²) < 4.78 is 31.0. The van der Waals surface area contributed by atoms with Crippen LogP contribution in [-0.4, -0.2) is 24.6 Å². The summed E-state index contributed by atoms with van der Waals surface area (Å²) in [5.74, 6) is -0.297. The fourth-order valence-corrected chi connectivity index (χ4v) is 4.03. The molecule has 0 saturated heterocycles. The van der Waals surface area contributed by atoms with E-state index in [0.29, 0.717) is 35.5 Å². The molecule has 0 bridgehead atoms. The van der Waals surface area contributed by atoms with Gasteiger partial charge in [0.2, 0.25) is 0 Å². The van der Waals surface area contributed by atoms with Crippen molar-refractivity contribution in [1.29, 1.82) is 0 Å². The number of benzene rings is 2. The Morgan fingerprint density at radius 1 is 1.22 bits per heavy atom. The molecule has 0 atom stereocenters. The second-order valence-corrected chi connectivity index (χ2v) is 7.44. The van der Waals surface area contributed by atoms with Crippen LogP contribution in [0.5, 0.6) is 0 Å². The van der Waals surface area contributed by atoms with Gasteiger partial charge in [-0.1, -0.05) is 17.8 Å². The van der Waals surface area contributed by atoms with Gasteiger partial charge in [-0.15, -0.1) is 11.8 Å². The first-order valence-corrected chi connectivity index (χ1v) is 9.97. The molecule has 3 nitrogen and oxygen atoms in total. The van der Waals surface area contributed by atoms with Crippen LogP contribution in [0, 0.1) is 18.6 Å². The summed E-state index contributed by atoms with van der Waals surface area (Å²) >= 11 is 2.81. The number of hydrogen-bond acceptors (Lipinski definition) is 5. The van der Waals surface area contributed by atoms with Crippen LogP contribution >= 0.6 is 23.5 Å². The minimum atomic E-state index is -0.415. The number of fused-ring (bicyclic) bond motifs is 1. The summed E-state index contributed by atoms with van der Waals surface area (Å²) in [5, 5.41) is 1.73. The van der Waals surface area contributed by atoms with Gasteiger partial charge < -0.3 is 4.74 Å². The lowest BCUT2D eigenvalue weighted by atomic mass is 10.1. The number of Topliss-reactive ketones (excluding diaryl/α,β-unsaturated/α-hetero) is 1. The standard InChI is InChI=1S/C17H12F2OS2.C3H6O2/c1-10-2-4-13(7-15(10)19)21-8-11-9-22-16-5-3-12(18)6-14(16)17(11)20;1-2-5-3-4/h2-8H,9H2,1H3;3H,2H2,1H3. The van der Waals surface area contributed by atoms with Gasteiger partial charge >= 0.3 is 0 Å². The van der Waals surface area contributed by atoms with Gasteiger partial charge in [-0.05, 0) is 55.2 Å². The van der Waals surface area contributed by atoms with Crippen LogP contribution in [0.15, 0.2) is 57.2 Å². The molecule has 7 heteroatoms. The number of ether oxygens (including phenoxy) is 1. The zero-order valence-corrected chi connectivity index (χ0v) is 16.5. The van der Waals surface area contributed by atoms with E-state index in [1.54, 1.807) is 31.4 Å². The van der Waals surface area contributed by atoms with Crippen molar-refractivity contribution in [3.63, 3.8) is 0 Å². The Bertz CT molecular complexity index is 866. The Kier molecular flexibility index (Phi) is 8.06. The SMILES string of the molecule is CCOC=O.Cc1ccc(SC=C2CSc3ccc(F)cc3C2=O)cc1F. The maximum Gasteiger partial charge on any atom is 0.293 e. The fourth-order valence-electron chi connectivity index (χ4n) is 2.14. The smallest absolute Gasteiger partial charge is 0.293 e. The maximum atomic E-state index is 13.5. The van der Waals surface area contributed by atoms with E-state index in [1.165, 1.54) is 41.7 Å². The van der Waals surface area contributed by atoms with Gasteiger partial charge in [0.15, 0.2) is 5.78 Å². The van der Waals surface area contributed by atoms with Crippen molar-refractivity contribution in [1.82, 2.24) is 0 Å². The number of hydrogen-bond donors (Lipinski definition) is 0. The van der Waals surface area contributed by atoms with Crippen LogP contribution in [0.25, 0.3) is 0 Å². The molecule has 0 amide bonds. The highest BCUT2D eigenvalue weighted by Gasteiger charge is 2.22. The number of carbonyl (C=O) groups excluding carboxylic acids is 2. The summed E-state index contributed by atoms with van der Waals surface area (Å²) in [6.45, 7) is 4.37. The van der Waals surface area contributed by atoms with Crippen molar-refractivity contribution in [2.45, 2.75) is 23.6 Å². The molecule has 3 rings (SSSR count). The summed E-state index contributed by atoms with van der Waals surface area (Å²) in [6.07, 6.45) is 0. The van der Waals surface area contributed by atoms with Crippen molar-refractivity contribution < 1.29 is 23.1 Å². The molecule has 1 aliphatic heterocycles. The van der Waals surface area contributed by atoms with E-state index in [9.17, 15) is 18.4 Å². The number of halogens is 2. The van der Waals surface area contributed by atoms with Crippen molar-refractivity contribution in [2.75, 3.05) is 12.4 Å². The number of carbonyl (C=O) groups is 2. The zero-order valence-electron chi connectivity index (χ0n) is 14.8. The van der Waals surface area contributed by atoms with Crippen LogP contribution < -0.4 is 0 Å². The van der Waals surface area contributed by atoms with Gasteiger partial charge in [0.1, 0.15) is 11.6 Å². The Labute approximate surface area is 165 Å². The first kappa shape index (κ1) is 21.2. The fraction of sp³-hybridized carbons (Fsp3) is 0.200. The molecule has 27 heavy (non-hydrogen) atoms. The lowest BCUT2D eigenvalue weighted by molar-refractivity contribution is -0.128. The molecule has 142 valence electrons. The Morgan fingerprint density at radius 2 is 2.00 bits per heavy atom. The number of rotatable bonds is 4. The second kappa shape index (κ2) is 10.3. The van der Waals surface area contributed by atoms with Crippen LogP contribution in [0.1, 0.15) is 22.8 Å². The average Bonchev–Trinajstić information content (AvgIpc) is 2.65. The molecule has 0 aromatic heterocycles. The van der Waals surface area contributed by atoms with Crippen LogP contribution in [-0.2, 0) is 9.53 Å². The molecule has 2 aromatic carbocycles. The van der Waals surface area contributed by atoms with Crippen molar-refractivity contribution in [2.24, 2.45) is 0 Å². The molecule has 0 radical (unpaired) electrons. The Balaban J connectivity index is 0.000000465. The molecule has 0 N–H and O–H groups in total. The largest absolute Gasteiger partial charge is 0.468 e. The van der Waals surface area contributed by atoms with E-state index in [0.717, 1.165) is 9.79 Å². The summed E-state index contributed by atoms with van der Waals surface area (Å²) in [5.41, 5.74) is 1.60. The third-order valence-corrected chi connectivity index (χ3v) is 5.63. The first-order valence-electron chi connectivity index (χ1n) is 8.10. The quantitative estimate of drug-likeness (QED) is 0.384. The Morgan fingerprint density at radius 3 is 2.63 bits per heavy atom. The second-order valence-electron chi connectivity index (χ2n) is 5.48. The lowest BCUT2D eigenvalue weighted by Crippen LogP contribution is -2.12. The van der Waals surface area contributed by atoms with Gasteiger partial charge in [0.05, 0.1) is 6.61 Å². The monoisotopic (exact) mass is 408 g/mol. The molecule has 1 aliphatic rings. The van der Waals surface area contributed by atoms with E-state index < -0.39 is 5.82 Å². The zero-order chi connectivity index (χ0) is 19.8. The number of ketones is 1. The van der Waals surface area contributed by atoms with Crippen LogP contribution in [0.2, 0.25) is 0 Å². The van der Waals surface area contributed by atoms with Gasteiger partial charge in [-0.25, -0.2) is 8.78 Å². The predicted octanol–water partition coefficient (Wildman–Crippen LogP) is 5.42. The third-order valence-electron chi connectivity index (χ3n) is 3.58. The van der Waals surface area contributed by atoms with Crippen LogP contribution in [0.3, 0.4) is 0 Å². The highest BCUT2D eigenvalue weighted by Crippen LogP contribution is 2.35. The van der Waals surface area contributed by atoms with Gasteiger partial charge in [0, 0.05) is 26.7 Å². The molecule has 0 spiro atoms. The number of thioether (sulfide) groups is 2. The van der Waals surface area contributed by atoms with Crippen LogP contribution in [0.4, 0.5) is 8.78 Å². The highest BCUT2D eigenvalue weighted by atomic mass is 32.2. The van der Waals surface area contributed by atoms with Gasteiger partial charge in [-0.3, -0.25) is 9.59 Å². The molecule has 2 aromatic rings. The van der Waals surface area contributed by atoms with E-state index >= 15 is 0 Å². The summed E-state index contributed by atoms with van der Waals surface area (Å²) in [6, 6.07) is 9.23. The molecule has 0 fully saturated rings. The molecule has 1 heterocycles. The average molecular weight is 408 g/mol. The summed E-state index contributed by atoms with van der Waals surface area (Å²) in [7, 11) is 0. The predicted molar refractivity (Wildman–Crippen MR) is 104 cm³/mol. The molecule has 0 saturated carbocycles.